The van der Waals surface area contributed by atoms with Crippen molar-refractivity contribution in [2.24, 2.45) is 0 Å². The molecule has 0 spiro atoms. The molecule has 1 N–H and O–H groups in total. The van der Waals surface area contributed by atoms with Crippen LogP contribution in [0.2, 0.25) is 0 Å². The summed E-state index contributed by atoms with van der Waals surface area (Å²) in [6, 6.07) is 17.3. The fourth-order valence-corrected chi connectivity index (χ4v) is 4.89. The molecule has 0 unspecified atom stereocenters. The topological polar surface area (TPSA) is 87.9 Å². The standard InChI is InChI=1S/C31H31FN4O4/c1-4-30(37)36-14-13-35(18-21(36)3)19-29(23-6-5-20(2)27(32)15-23)39-26-11-8-22(9-12-26)31(38)34-25-10-7-24-17-33-40-28(24)16-25/h4-12,15-17,21,29H,1,13-14,18-19H2,2-3H3,(H,34,38)/t21-,29+/m1/s1. The van der Waals surface area contributed by atoms with E-state index < -0.39 is 6.10 Å². The number of rotatable bonds is 8. The monoisotopic (exact) mass is 542 g/mol. The molecule has 4 aromatic rings. The van der Waals surface area contributed by atoms with E-state index >= 15 is 0 Å². The third-order valence-corrected chi connectivity index (χ3v) is 7.17. The van der Waals surface area contributed by atoms with E-state index in [1.165, 1.54) is 12.1 Å². The zero-order chi connectivity index (χ0) is 28.2. The number of piperazine rings is 1. The number of aromatic nitrogens is 1. The lowest BCUT2D eigenvalue weighted by molar-refractivity contribution is -0.130. The fourth-order valence-electron chi connectivity index (χ4n) is 4.89. The molecule has 2 atom stereocenters. The van der Waals surface area contributed by atoms with Gasteiger partial charge in [-0.3, -0.25) is 14.5 Å². The van der Waals surface area contributed by atoms with Crippen molar-refractivity contribution in [2.45, 2.75) is 26.0 Å². The predicted molar refractivity (Wildman–Crippen MR) is 151 cm³/mol. The number of carbonyl (C=O) groups is 2. The summed E-state index contributed by atoms with van der Waals surface area (Å²) in [6.07, 6.45) is 2.49. The molecule has 9 heteroatoms. The van der Waals surface area contributed by atoms with E-state index in [4.69, 9.17) is 9.26 Å². The first-order valence-electron chi connectivity index (χ1n) is 13.1. The van der Waals surface area contributed by atoms with E-state index in [0.29, 0.717) is 59.9 Å². The van der Waals surface area contributed by atoms with Crippen molar-refractivity contribution in [3.8, 4) is 5.75 Å². The minimum atomic E-state index is -0.461. The second-order valence-corrected chi connectivity index (χ2v) is 10.0. The molecule has 1 saturated heterocycles. The van der Waals surface area contributed by atoms with Crippen LogP contribution in [0.15, 0.2) is 84.0 Å². The smallest absolute Gasteiger partial charge is 0.255 e. The van der Waals surface area contributed by atoms with Crippen molar-refractivity contribution in [1.29, 1.82) is 0 Å². The number of ether oxygens (including phenoxy) is 1. The Morgan fingerprint density at radius 3 is 2.70 bits per heavy atom. The average Bonchev–Trinajstić information content (AvgIpc) is 3.42. The third-order valence-electron chi connectivity index (χ3n) is 7.17. The van der Waals surface area contributed by atoms with E-state index in [9.17, 15) is 14.0 Å². The molecular formula is C31H31FN4O4. The van der Waals surface area contributed by atoms with Gasteiger partial charge in [-0.15, -0.1) is 0 Å². The van der Waals surface area contributed by atoms with Gasteiger partial charge in [-0.2, -0.15) is 0 Å². The minimum Gasteiger partial charge on any atom is -0.484 e. The second kappa shape index (κ2) is 11.7. The lowest BCUT2D eigenvalue weighted by atomic mass is 10.0. The highest BCUT2D eigenvalue weighted by Crippen LogP contribution is 2.27. The van der Waals surface area contributed by atoms with Gasteiger partial charge in [0.2, 0.25) is 5.91 Å². The Balaban J connectivity index is 1.29. The SMILES string of the molecule is C=CC(=O)N1CCN(C[C@H](Oc2ccc(C(=O)Nc3ccc4cnoc4c3)cc2)c2ccc(C)c(F)c2)C[C@H]1C. The quantitative estimate of drug-likeness (QED) is 0.302. The van der Waals surface area contributed by atoms with Gasteiger partial charge in [0.1, 0.15) is 17.7 Å². The Labute approximate surface area is 232 Å². The van der Waals surface area contributed by atoms with E-state index in [2.05, 4.69) is 22.0 Å². The molecule has 1 aliphatic heterocycles. The van der Waals surface area contributed by atoms with Crippen LogP contribution in [-0.4, -0.2) is 59.0 Å². The van der Waals surface area contributed by atoms with E-state index in [1.807, 2.05) is 19.1 Å². The van der Waals surface area contributed by atoms with Gasteiger partial charge in [-0.05, 0) is 73.5 Å². The number of fused-ring (bicyclic) bond motifs is 1. The van der Waals surface area contributed by atoms with Crippen LogP contribution in [-0.2, 0) is 4.79 Å². The number of nitrogens with zero attached hydrogens (tertiary/aromatic N) is 3. The van der Waals surface area contributed by atoms with Gasteiger partial charge in [0.05, 0.1) is 6.20 Å². The minimum absolute atomic E-state index is 0.0113. The number of amides is 2. The molecule has 3 aromatic carbocycles. The van der Waals surface area contributed by atoms with Crippen LogP contribution in [0.1, 0.15) is 34.5 Å². The molecule has 0 bridgehead atoms. The van der Waals surface area contributed by atoms with Crippen LogP contribution in [0.3, 0.4) is 0 Å². The molecular weight excluding hydrogens is 511 g/mol. The molecule has 1 aliphatic rings. The van der Waals surface area contributed by atoms with Crippen LogP contribution in [0, 0.1) is 12.7 Å². The number of nitrogens with one attached hydrogen (secondary N) is 1. The van der Waals surface area contributed by atoms with Crippen molar-refractivity contribution >= 4 is 28.5 Å². The first-order valence-corrected chi connectivity index (χ1v) is 13.1. The lowest BCUT2D eigenvalue weighted by Crippen LogP contribution is -2.54. The maximum Gasteiger partial charge on any atom is 0.255 e. The number of anilines is 1. The summed E-state index contributed by atoms with van der Waals surface area (Å²) in [5, 5.41) is 7.47. The van der Waals surface area contributed by atoms with Crippen LogP contribution in [0.5, 0.6) is 5.75 Å². The first-order chi connectivity index (χ1) is 19.3. The molecule has 1 aromatic heterocycles. The maximum absolute atomic E-state index is 14.5. The second-order valence-electron chi connectivity index (χ2n) is 10.0. The van der Waals surface area contributed by atoms with Gasteiger partial charge < -0.3 is 19.5 Å². The fraction of sp³-hybridized carbons (Fsp3) is 0.258. The number of aryl methyl sites for hydroxylation is 1. The third kappa shape index (κ3) is 6.05. The largest absolute Gasteiger partial charge is 0.484 e. The Bertz CT molecular complexity index is 1530. The summed E-state index contributed by atoms with van der Waals surface area (Å²) in [4.78, 5) is 29.0. The lowest BCUT2D eigenvalue weighted by Gasteiger charge is -2.40. The molecule has 2 heterocycles. The van der Waals surface area contributed by atoms with Gasteiger partial charge in [0.15, 0.2) is 5.58 Å². The molecule has 2 amide bonds. The van der Waals surface area contributed by atoms with E-state index in [-0.39, 0.29) is 23.7 Å². The summed E-state index contributed by atoms with van der Waals surface area (Å²) in [7, 11) is 0. The van der Waals surface area contributed by atoms with Crippen molar-refractivity contribution in [3.05, 3.63) is 102 Å². The predicted octanol–water partition coefficient (Wildman–Crippen LogP) is 5.37. The molecule has 5 rings (SSSR count). The number of hydrogen-bond acceptors (Lipinski definition) is 6. The van der Waals surface area contributed by atoms with Crippen molar-refractivity contribution in [2.75, 3.05) is 31.5 Å². The molecule has 40 heavy (non-hydrogen) atoms. The Morgan fingerprint density at radius 1 is 1.18 bits per heavy atom. The van der Waals surface area contributed by atoms with E-state index in [1.54, 1.807) is 60.5 Å². The van der Waals surface area contributed by atoms with Crippen LogP contribution in [0.25, 0.3) is 11.0 Å². The number of halogens is 1. The summed E-state index contributed by atoms with van der Waals surface area (Å²) in [5.74, 6) is -0.0951. The first kappa shape index (κ1) is 27.1. The highest BCUT2D eigenvalue weighted by Gasteiger charge is 2.28. The van der Waals surface area contributed by atoms with Gasteiger partial charge in [0.25, 0.3) is 5.91 Å². The maximum atomic E-state index is 14.5. The Morgan fingerprint density at radius 2 is 1.98 bits per heavy atom. The zero-order valence-corrected chi connectivity index (χ0v) is 22.5. The van der Waals surface area contributed by atoms with Gasteiger partial charge in [0, 0.05) is 54.9 Å². The number of carbonyl (C=O) groups excluding carboxylic acids is 2. The Hall–Kier alpha value is -4.50. The van der Waals surface area contributed by atoms with E-state index in [0.717, 1.165) is 5.39 Å². The molecule has 0 aliphatic carbocycles. The number of benzene rings is 3. The normalized spacial score (nSPS) is 16.5. The van der Waals surface area contributed by atoms with Gasteiger partial charge >= 0.3 is 0 Å². The van der Waals surface area contributed by atoms with Crippen molar-refractivity contribution in [1.82, 2.24) is 15.0 Å². The number of hydrogen-bond donors (Lipinski definition) is 1. The van der Waals surface area contributed by atoms with Crippen LogP contribution >= 0.6 is 0 Å². The molecule has 8 nitrogen and oxygen atoms in total. The highest BCUT2D eigenvalue weighted by molar-refractivity contribution is 6.05. The molecule has 206 valence electrons. The summed E-state index contributed by atoms with van der Waals surface area (Å²) in [6.45, 7) is 9.73. The summed E-state index contributed by atoms with van der Waals surface area (Å²) < 4.78 is 26.0. The molecule has 0 radical (unpaired) electrons. The zero-order valence-electron chi connectivity index (χ0n) is 22.5. The van der Waals surface area contributed by atoms with Crippen LogP contribution < -0.4 is 10.1 Å². The summed E-state index contributed by atoms with van der Waals surface area (Å²) >= 11 is 0. The Kier molecular flexibility index (Phi) is 7.93. The summed E-state index contributed by atoms with van der Waals surface area (Å²) in [5.41, 5.74) is 2.92. The van der Waals surface area contributed by atoms with Crippen LogP contribution in [0.4, 0.5) is 10.1 Å². The van der Waals surface area contributed by atoms with Crippen molar-refractivity contribution < 1.29 is 23.2 Å². The average molecular weight is 543 g/mol. The molecule has 0 saturated carbocycles. The van der Waals surface area contributed by atoms with Crippen molar-refractivity contribution in [3.63, 3.8) is 0 Å². The highest BCUT2D eigenvalue weighted by atomic mass is 19.1. The molecule has 1 fully saturated rings. The van der Waals surface area contributed by atoms with Gasteiger partial charge in [-0.25, -0.2) is 4.39 Å². The van der Waals surface area contributed by atoms with Gasteiger partial charge in [-0.1, -0.05) is 23.9 Å².